The van der Waals surface area contributed by atoms with Gasteiger partial charge in [-0.1, -0.05) is 6.42 Å². The molecule has 0 aliphatic carbocycles. The number of hydrogen-bond acceptors (Lipinski definition) is 8. The van der Waals surface area contributed by atoms with Gasteiger partial charge in [-0.25, -0.2) is 0 Å². The van der Waals surface area contributed by atoms with Gasteiger partial charge in [-0.2, -0.15) is 5.10 Å². The Balaban J connectivity index is 1.71. The van der Waals surface area contributed by atoms with Crippen LogP contribution in [0.2, 0.25) is 0 Å². The van der Waals surface area contributed by atoms with Crippen LogP contribution in [0.3, 0.4) is 0 Å². The number of carbonyl (C=O) groups is 2. The highest BCUT2D eigenvalue weighted by molar-refractivity contribution is 7.99. The van der Waals surface area contributed by atoms with E-state index in [1.54, 1.807) is 11.4 Å². The van der Waals surface area contributed by atoms with E-state index in [1.807, 2.05) is 0 Å². The van der Waals surface area contributed by atoms with Crippen molar-refractivity contribution in [3.63, 3.8) is 0 Å². The lowest BCUT2D eigenvalue weighted by Crippen LogP contribution is -2.35. The third kappa shape index (κ3) is 6.77. The highest BCUT2D eigenvalue weighted by Gasteiger charge is 2.15. The molecule has 1 aromatic heterocycles. The van der Waals surface area contributed by atoms with Gasteiger partial charge in [0.15, 0.2) is 0 Å². The van der Waals surface area contributed by atoms with Crippen LogP contribution in [0.5, 0.6) is 0 Å². The van der Waals surface area contributed by atoms with E-state index >= 15 is 0 Å². The molecule has 1 aliphatic rings. The molecule has 0 unspecified atom stereocenters. The summed E-state index contributed by atoms with van der Waals surface area (Å²) in [6.07, 6.45) is 3.62. The zero-order valence-corrected chi connectivity index (χ0v) is 16.1. The van der Waals surface area contributed by atoms with Crippen molar-refractivity contribution in [1.82, 2.24) is 4.90 Å². The van der Waals surface area contributed by atoms with Crippen molar-refractivity contribution < 1.29 is 14.3 Å². The molecular formula is C16H23N5O3S2. The Bertz CT molecular complexity index is 656. The van der Waals surface area contributed by atoms with Crippen molar-refractivity contribution in [2.45, 2.75) is 19.3 Å². The molecule has 0 spiro atoms. The van der Waals surface area contributed by atoms with Crippen LogP contribution in [-0.2, 0) is 9.53 Å². The number of primary amides is 1. The van der Waals surface area contributed by atoms with E-state index in [9.17, 15) is 9.59 Å². The summed E-state index contributed by atoms with van der Waals surface area (Å²) in [4.78, 5) is 25.5. The van der Waals surface area contributed by atoms with Crippen molar-refractivity contribution >= 4 is 52.5 Å². The normalized spacial score (nSPS) is 15.5. The minimum atomic E-state index is -0.562. The molecule has 142 valence electrons. The average molecular weight is 398 g/mol. The van der Waals surface area contributed by atoms with Gasteiger partial charge < -0.3 is 15.8 Å². The number of anilines is 1. The molecule has 3 N–H and O–H groups in total. The van der Waals surface area contributed by atoms with Crippen molar-refractivity contribution in [3.05, 3.63) is 17.0 Å². The Morgan fingerprint density at radius 3 is 2.85 bits per heavy atom. The Morgan fingerprint density at radius 1 is 1.38 bits per heavy atom. The number of nitrogens with two attached hydrogens (primary N) is 1. The monoisotopic (exact) mass is 397 g/mol. The predicted molar refractivity (Wildman–Crippen MR) is 107 cm³/mol. The van der Waals surface area contributed by atoms with Gasteiger partial charge >= 0.3 is 0 Å². The molecule has 0 saturated carbocycles. The second kappa shape index (κ2) is 10.9. The number of likely N-dealkylation sites (tertiary alicyclic amines) is 1. The number of piperidine rings is 1. The minimum absolute atomic E-state index is 0.189. The Hall–Kier alpha value is -1.91. The molecule has 0 aromatic carbocycles. The summed E-state index contributed by atoms with van der Waals surface area (Å²) in [5.41, 5.74) is 5.57. The van der Waals surface area contributed by atoms with E-state index in [-0.39, 0.29) is 17.6 Å². The smallest absolute Gasteiger partial charge is 0.251 e. The van der Waals surface area contributed by atoms with Gasteiger partial charge in [-0.15, -0.1) is 28.2 Å². The van der Waals surface area contributed by atoms with Crippen molar-refractivity contribution in [2.75, 3.05) is 36.6 Å². The lowest BCUT2D eigenvalue weighted by molar-refractivity contribution is -0.113. The van der Waals surface area contributed by atoms with Crippen molar-refractivity contribution in [1.29, 1.82) is 0 Å². The van der Waals surface area contributed by atoms with Crippen LogP contribution in [0.1, 0.15) is 29.6 Å². The molecule has 0 bridgehead atoms. The van der Waals surface area contributed by atoms with E-state index in [2.05, 4.69) is 27.1 Å². The second-order valence-corrected chi connectivity index (χ2v) is 7.51. The fraction of sp³-hybridized carbons (Fsp3) is 0.500. The number of hydrogen-bond donors (Lipinski definition) is 2. The second-order valence-electron chi connectivity index (χ2n) is 5.66. The molecule has 2 heterocycles. The van der Waals surface area contributed by atoms with Crippen LogP contribution in [-0.4, -0.2) is 60.7 Å². The number of amides is 2. The van der Waals surface area contributed by atoms with E-state index in [0.717, 1.165) is 13.1 Å². The topological polar surface area (TPSA) is 109 Å². The number of carbonyl (C=O) groups excluding carboxylic acids is 2. The van der Waals surface area contributed by atoms with Crippen LogP contribution in [0, 0.1) is 0 Å². The van der Waals surface area contributed by atoms with Crippen LogP contribution >= 0.6 is 23.1 Å². The number of rotatable bonds is 9. The van der Waals surface area contributed by atoms with Gasteiger partial charge in [-0.05, 0) is 37.4 Å². The fourth-order valence-electron chi connectivity index (χ4n) is 2.50. The zero-order valence-electron chi connectivity index (χ0n) is 14.5. The zero-order chi connectivity index (χ0) is 18.8. The molecule has 2 rings (SSSR count). The molecule has 26 heavy (non-hydrogen) atoms. The maximum absolute atomic E-state index is 12.0. The van der Waals surface area contributed by atoms with E-state index in [4.69, 9.17) is 10.5 Å². The summed E-state index contributed by atoms with van der Waals surface area (Å²) in [7, 11) is 0. The first kappa shape index (κ1) is 20.4. The summed E-state index contributed by atoms with van der Waals surface area (Å²) < 4.78 is 5.62. The first-order valence-electron chi connectivity index (χ1n) is 8.22. The SMILES string of the molecule is C=N/N=C(/CN1CCCCC1)OCSCC(=O)Nc1sccc1C(N)=O. The highest BCUT2D eigenvalue weighted by Crippen LogP contribution is 2.22. The Labute approximate surface area is 160 Å². The lowest BCUT2D eigenvalue weighted by Gasteiger charge is -2.26. The van der Waals surface area contributed by atoms with Crippen molar-refractivity contribution in [2.24, 2.45) is 15.9 Å². The van der Waals surface area contributed by atoms with Crippen LogP contribution in [0.15, 0.2) is 21.6 Å². The fourth-order valence-corrected chi connectivity index (χ4v) is 3.87. The van der Waals surface area contributed by atoms with Gasteiger partial charge in [0.25, 0.3) is 5.91 Å². The van der Waals surface area contributed by atoms with Gasteiger partial charge in [0.05, 0.1) is 17.9 Å². The number of nitrogens with zero attached hydrogens (tertiary/aromatic N) is 3. The summed E-state index contributed by atoms with van der Waals surface area (Å²) in [6, 6.07) is 1.59. The summed E-state index contributed by atoms with van der Waals surface area (Å²) in [5.74, 6) is 0.189. The molecule has 1 aliphatic heterocycles. The van der Waals surface area contributed by atoms with Gasteiger partial charge in [0, 0.05) is 6.72 Å². The molecular weight excluding hydrogens is 374 g/mol. The number of nitrogens with one attached hydrogen (secondary N) is 1. The summed E-state index contributed by atoms with van der Waals surface area (Å²) in [5, 5.41) is 12.3. The molecule has 1 aromatic rings. The standard InChI is InChI=1S/C16H23N5O3S2/c1-18-20-14(9-21-6-3-2-4-7-21)24-11-25-10-13(22)19-16-12(15(17)23)5-8-26-16/h5,8H,1-4,6-7,9-11H2,(H2,17,23)(H,19,22)/b20-14-. The number of thiophene rings is 1. The molecule has 0 atom stereocenters. The lowest BCUT2D eigenvalue weighted by atomic mass is 10.1. The molecule has 8 nitrogen and oxygen atoms in total. The molecule has 0 radical (unpaired) electrons. The third-order valence-electron chi connectivity index (χ3n) is 3.72. The first-order valence-corrected chi connectivity index (χ1v) is 10.3. The third-order valence-corrected chi connectivity index (χ3v) is 5.30. The van der Waals surface area contributed by atoms with Crippen LogP contribution in [0.25, 0.3) is 0 Å². The van der Waals surface area contributed by atoms with Gasteiger partial charge in [0.2, 0.25) is 11.8 Å². The van der Waals surface area contributed by atoms with E-state index < -0.39 is 5.91 Å². The van der Waals surface area contributed by atoms with Crippen molar-refractivity contribution in [3.8, 4) is 0 Å². The first-order chi connectivity index (χ1) is 12.6. The minimum Gasteiger partial charge on any atom is -0.468 e. The summed E-state index contributed by atoms with van der Waals surface area (Å²) in [6.45, 7) is 6.02. The van der Waals surface area contributed by atoms with Gasteiger partial charge in [0.1, 0.15) is 10.9 Å². The molecule has 1 saturated heterocycles. The van der Waals surface area contributed by atoms with E-state index in [0.29, 0.717) is 23.0 Å². The number of ether oxygens (including phenoxy) is 1. The predicted octanol–water partition coefficient (Wildman–Crippen LogP) is 1.99. The average Bonchev–Trinajstić information content (AvgIpc) is 3.08. The van der Waals surface area contributed by atoms with Crippen LogP contribution < -0.4 is 11.1 Å². The maximum atomic E-state index is 12.0. The highest BCUT2D eigenvalue weighted by atomic mass is 32.2. The number of thioether (sulfide) groups is 1. The largest absolute Gasteiger partial charge is 0.468 e. The van der Waals surface area contributed by atoms with Crippen LogP contribution in [0.4, 0.5) is 5.00 Å². The van der Waals surface area contributed by atoms with Gasteiger partial charge in [-0.3, -0.25) is 14.5 Å². The maximum Gasteiger partial charge on any atom is 0.251 e. The van der Waals surface area contributed by atoms with E-state index in [1.165, 1.54) is 42.4 Å². The summed E-state index contributed by atoms with van der Waals surface area (Å²) >= 11 is 2.57. The molecule has 2 amide bonds. The molecule has 1 fully saturated rings. The Morgan fingerprint density at radius 2 is 2.15 bits per heavy atom. The quantitative estimate of drug-likeness (QED) is 0.218. The molecule has 10 heteroatoms. The Kier molecular flexibility index (Phi) is 8.59.